The Morgan fingerprint density at radius 1 is 1.08 bits per heavy atom. The Labute approximate surface area is 152 Å². The van der Waals surface area contributed by atoms with Crippen LogP contribution in [0.15, 0.2) is 33.9 Å². The number of nitrogens with zero attached hydrogens (tertiary/aromatic N) is 2. The summed E-state index contributed by atoms with van der Waals surface area (Å²) in [7, 11) is 0. The van der Waals surface area contributed by atoms with Crippen LogP contribution in [0.25, 0.3) is 0 Å². The van der Waals surface area contributed by atoms with Gasteiger partial charge >= 0.3 is 0 Å². The maximum atomic E-state index is 12.8. The SMILES string of the molecule is O=C1[C@@H]2[C@H](C(=O)N1/N=C/c1cc(Br)c(O)cc1O)[C@H]1C=C[C@@H]2C12CC2. The van der Waals surface area contributed by atoms with Crippen molar-refractivity contribution in [2.24, 2.45) is 34.2 Å². The summed E-state index contributed by atoms with van der Waals surface area (Å²) < 4.78 is 0.389. The number of allylic oxidation sites excluding steroid dienone is 2. The first-order valence-corrected chi connectivity index (χ1v) is 9.05. The maximum absolute atomic E-state index is 12.8. The summed E-state index contributed by atoms with van der Waals surface area (Å²) in [6, 6.07) is 2.65. The number of phenols is 2. The average Bonchev–Trinajstić information content (AvgIpc) is 3.17. The highest BCUT2D eigenvalue weighted by Gasteiger charge is 2.73. The molecule has 1 saturated heterocycles. The highest BCUT2D eigenvalue weighted by molar-refractivity contribution is 9.10. The van der Waals surface area contributed by atoms with E-state index >= 15 is 0 Å². The van der Waals surface area contributed by atoms with E-state index in [0.717, 1.165) is 17.9 Å². The van der Waals surface area contributed by atoms with Gasteiger partial charge in [0.1, 0.15) is 11.5 Å². The van der Waals surface area contributed by atoms with Gasteiger partial charge in [0.05, 0.1) is 22.5 Å². The van der Waals surface area contributed by atoms with Crippen LogP contribution in [0.4, 0.5) is 0 Å². The van der Waals surface area contributed by atoms with Gasteiger partial charge in [-0.25, -0.2) is 0 Å². The van der Waals surface area contributed by atoms with Crippen LogP contribution in [0.5, 0.6) is 11.5 Å². The molecule has 128 valence electrons. The predicted octanol–water partition coefficient (Wildman–Crippen LogP) is 2.39. The Hall–Kier alpha value is -2.15. The molecule has 2 bridgehead atoms. The van der Waals surface area contributed by atoms with Gasteiger partial charge in [-0.15, -0.1) is 0 Å². The lowest BCUT2D eigenvalue weighted by Gasteiger charge is -2.18. The van der Waals surface area contributed by atoms with E-state index in [2.05, 4.69) is 33.2 Å². The Morgan fingerprint density at radius 2 is 1.68 bits per heavy atom. The first-order chi connectivity index (χ1) is 11.9. The number of fused-ring (bicyclic) bond motifs is 3. The van der Waals surface area contributed by atoms with Crippen molar-refractivity contribution in [1.82, 2.24) is 5.01 Å². The highest BCUT2D eigenvalue weighted by Crippen LogP contribution is 2.73. The lowest BCUT2D eigenvalue weighted by molar-refractivity contribution is -0.141. The van der Waals surface area contributed by atoms with E-state index < -0.39 is 0 Å². The van der Waals surface area contributed by atoms with Gasteiger partial charge in [-0.1, -0.05) is 12.2 Å². The van der Waals surface area contributed by atoms with Gasteiger partial charge in [-0.05, 0) is 52.1 Å². The van der Waals surface area contributed by atoms with E-state index in [1.54, 1.807) is 0 Å². The van der Waals surface area contributed by atoms with E-state index in [4.69, 9.17) is 0 Å². The fourth-order valence-electron chi connectivity index (χ4n) is 4.97. The van der Waals surface area contributed by atoms with Crippen molar-refractivity contribution in [1.29, 1.82) is 0 Å². The van der Waals surface area contributed by atoms with Crippen LogP contribution in [0.3, 0.4) is 0 Å². The zero-order valence-corrected chi connectivity index (χ0v) is 14.7. The van der Waals surface area contributed by atoms with Crippen LogP contribution < -0.4 is 0 Å². The zero-order valence-electron chi connectivity index (χ0n) is 13.1. The number of aromatic hydroxyl groups is 2. The standard InChI is InChI=1S/C18H15BrN2O4/c19-11-5-8(12(22)6-13(11)23)7-20-21-16(24)14-9-1-2-10(15(14)17(21)25)18(9)3-4-18/h1-2,5-7,9-10,14-15,22-23H,3-4H2/b20-7+/t9-,10+,14-,15+. The second-order valence-corrected chi connectivity index (χ2v) is 8.17. The monoisotopic (exact) mass is 402 g/mol. The number of amides is 2. The Kier molecular flexibility index (Phi) is 2.86. The van der Waals surface area contributed by atoms with Crippen molar-refractivity contribution in [2.45, 2.75) is 12.8 Å². The van der Waals surface area contributed by atoms with Crippen LogP contribution in [-0.2, 0) is 9.59 Å². The molecule has 1 spiro atoms. The Morgan fingerprint density at radius 3 is 2.24 bits per heavy atom. The van der Waals surface area contributed by atoms with Crippen molar-refractivity contribution < 1.29 is 19.8 Å². The summed E-state index contributed by atoms with van der Waals surface area (Å²) in [6.45, 7) is 0. The van der Waals surface area contributed by atoms with Gasteiger partial charge < -0.3 is 10.2 Å². The highest BCUT2D eigenvalue weighted by atomic mass is 79.9. The van der Waals surface area contributed by atoms with Gasteiger partial charge in [-0.3, -0.25) is 9.59 Å². The Bertz CT molecular complexity index is 855. The molecule has 2 N–H and O–H groups in total. The summed E-state index contributed by atoms with van der Waals surface area (Å²) in [4.78, 5) is 25.6. The maximum Gasteiger partial charge on any atom is 0.254 e. The number of phenolic OH excluding ortho intramolecular Hbond substituents is 2. The molecule has 1 aromatic carbocycles. The first-order valence-electron chi connectivity index (χ1n) is 8.26. The van der Waals surface area contributed by atoms with E-state index in [1.807, 2.05) is 0 Å². The smallest absolute Gasteiger partial charge is 0.254 e. The van der Waals surface area contributed by atoms with Crippen molar-refractivity contribution in [2.75, 3.05) is 0 Å². The van der Waals surface area contributed by atoms with E-state index in [-0.39, 0.29) is 52.4 Å². The van der Waals surface area contributed by atoms with E-state index in [1.165, 1.54) is 18.3 Å². The van der Waals surface area contributed by atoms with Crippen LogP contribution in [0, 0.1) is 29.1 Å². The summed E-state index contributed by atoms with van der Waals surface area (Å²) >= 11 is 3.16. The first kappa shape index (κ1) is 15.1. The molecule has 5 rings (SSSR count). The molecular weight excluding hydrogens is 388 g/mol. The van der Waals surface area contributed by atoms with E-state index in [9.17, 15) is 19.8 Å². The quantitative estimate of drug-likeness (QED) is 0.451. The lowest BCUT2D eigenvalue weighted by Crippen LogP contribution is -2.30. The number of hydrogen-bond donors (Lipinski definition) is 2. The topological polar surface area (TPSA) is 90.2 Å². The largest absolute Gasteiger partial charge is 0.507 e. The minimum atomic E-state index is -0.290. The van der Waals surface area contributed by atoms with Crippen LogP contribution in [0.1, 0.15) is 18.4 Å². The molecule has 1 aliphatic heterocycles. The number of halogens is 1. The van der Waals surface area contributed by atoms with Crippen LogP contribution in [-0.4, -0.2) is 33.3 Å². The molecule has 25 heavy (non-hydrogen) atoms. The van der Waals surface area contributed by atoms with Crippen molar-refractivity contribution in [3.63, 3.8) is 0 Å². The average molecular weight is 403 g/mol. The molecule has 6 nitrogen and oxygen atoms in total. The minimum Gasteiger partial charge on any atom is -0.507 e. The summed E-state index contributed by atoms with van der Waals surface area (Å²) in [5, 5.41) is 24.4. The molecule has 4 aliphatic rings. The van der Waals surface area contributed by atoms with Gasteiger partial charge in [0.15, 0.2) is 0 Å². The molecule has 0 radical (unpaired) electrons. The number of imide groups is 1. The zero-order chi connectivity index (χ0) is 17.5. The molecule has 3 fully saturated rings. The third-order valence-electron chi connectivity index (χ3n) is 6.24. The van der Waals surface area contributed by atoms with Gasteiger partial charge in [-0.2, -0.15) is 10.1 Å². The third kappa shape index (κ3) is 1.82. The molecule has 1 aromatic rings. The number of carbonyl (C=O) groups is 2. The van der Waals surface area contributed by atoms with Gasteiger partial charge in [0.25, 0.3) is 11.8 Å². The van der Waals surface area contributed by atoms with Crippen LogP contribution >= 0.6 is 15.9 Å². The van der Waals surface area contributed by atoms with Crippen molar-refractivity contribution >= 4 is 34.0 Å². The molecule has 7 heteroatoms. The number of benzene rings is 1. The van der Waals surface area contributed by atoms with Crippen molar-refractivity contribution in [3.05, 3.63) is 34.3 Å². The summed E-state index contributed by atoms with van der Waals surface area (Å²) in [6.07, 6.45) is 7.70. The second kappa shape index (κ2) is 4.72. The molecule has 2 amide bonds. The molecular formula is C18H15BrN2O4. The van der Waals surface area contributed by atoms with Gasteiger partial charge in [0, 0.05) is 11.6 Å². The van der Waals surface area contributed by atoms with E-state index in [0.29, 0.717) is 10.0 Å². The molecule has 4 atom stereocenters. The normalized spacial score (nSPS) is 33.9. The summed E-state index contributed by atoms with van der Waals surface area (Å²) in [5.74, 6) is -1.02. The summed E-state index contributed by atoms with van der Waals surface area (Å²) in [5.41, 5.74) is 0.471. The molecule has 0 aromatic heterocycles. The minimum absolute atomic E-state index is 0.102. The number of hydrogen-bond acceptors (Lipinski definition) is 5. The molecule has 0 unspecified atom stereocenters. The molecule has 1 heterocycles. The van der Waals surface area contributed by atoms with Crippen LogP contribution in [0.2, 0.25) is 0 Å². The molecule has 2 saturated carbocycles. The molecule has 3 aliphatic carbocycles. The third-order valence-corrected chi connectivity index (χ3v) is 6.87. The predicted molar refractivity (Wildman–Crippen MR) is 91.7 cm³/mol. The fourth-order valence-corrected chi connectivity index (χ4v) is 5.33. The number of hydrazone groups is 1. The lowest BCUT2D eigenvalue weighted by atomic mass is 9.85. The van der Waals surface area contributed by atoms with Crippen molar-refractivity contribution in [3.8, 4) is 11.5 Å². The fraction of sp³-hybridized carbons (Fsp3) is 0.389. The van der Waals surface area contributed by atoms with Gasteiger partial charge in [0.2, 0.25) is 0 Å². The Balaban J connectivity index is 1.45. The second-order valence-electron chi connectivity index (χ2n) is 7.32. The number of carbonyl (C=O) groups excluding carboxylic acids is 2. The number of rotatable bonds is 2.